The first-order valence-electron chi connectivity index (χ1n) is 6.11. The third-order valence-corrected chi connectivity index (χ3v) is 2.89. The Morgan fingerprint density at radius 2 is 2.32 bits per heavy atom. The van der Waals surface area contributed by atoms with Crippen LogP contribution >= 0.6 is 0 Å². The van der Waals surface area contributed by atoms with Crippen molar-refractivity contribution < 1.29 is 4.92 Å². The number of benzene rings is 1. The molecule has 1 aromatic carbocycles. The van der Waals surface area contributed by atoms with Crippen molar-refractivity contribution in [2.24, 2.45) is 0 Å². The van der Waals surface area contributed by atoms with E-state index in [1.807, 2.05) is 17.7 Å². The number of anilines is 1. The molecule has 1 N–H and O–H groups in total. The van der Waals surface area contributed by atoms with E-state index < -0.39 is 0 Å². The van der Waals surface area contributed by atoms with Gasteiger partial charge in [0, 0.05) is 43.3 Å². The SMILES string of the molecule is Cc1cc([N+](=O)[O-])ccc1NCCCn1ccnc1. The fourth-order valence-corrected chi connectivity index (χ4v) is 1.86. The predicted molar refractivity (Wildman–Crippen MR) is 73.2 cm³/mol. The highest BCUT2D eigenvalue weighted by Crippen LogP contribution is 2.20. The summed E-state index contributed by atoms with van der Waals surface area (Å²) >= 11 is 0. The Kier molecular flexibility index (Phi) is 4.12. The zero-order valence-corrected chi connectivity index (χ0v) is 10.7. The smallest absolute Gasteiger partial charge is 0.269 e. The molecule has 100 valence electrons. The highest BCUT2D eigenvalue weighted by molar-refractivity contribution is 5.55. The summed E-state index contributed by atoms with van der Waals surface area (Å²) in [6, 6.07) is 4.86. The van der Waals surface area contributed by atoms with Crippen LogP contribution < -0.4 is 5.32 Å². The van der Waals surface area contributed by atoms with Crippen LogP contribution in [0.25, 0.3) is 0 Å². The van der Waals surface area contributed by atoms with E-state index in [2.05, 4.69) is 10.3 Å². The summed E-state index contributed by atoms with van der Waals surface area (Å²) < 4.78 is 2.02. The second-order valence-corrected chi connectivity index (χ2v) is 4.34. The number of rotatable bonds is 6. The van der Waals surface area contributed by atoms with Gasteiger partial charge < -0.3 is 9.88 Å². The van der Waals surface area contributed by atoms with E-state index in [4.69, 9.17) is 0 Å². The molecule has 6 nitrogen and oxygen atoms in total. The summed E-state index contributed by atoms with van der Waals surface area (Å²) in [6.07, 6.45) is 6.44. The molecule has 6 heteroatoms. The normalized spacial score (nSPS) is 10.4. The van der Waals surface area contributed by atoms with Crippen LogP contribution in [0.1, 0.15) is 12.0 Å². The molecule has 0 aliphatic rings. The fourth-order valence-electron chi connectivity index (χ4n) is 1.86. The largest absolute Gasteiger partial charge is 0.385 e. The number of aromatic nitrogens is 2. The first-order valence-corrected chi connectivity index (χ1v) is 6.11. The van der Waals surface area contributed by atoms with Crippen LogP contribution in [0.2, 0.25) is 0 Å². The third-order valence-electron chi connectivity index (χ3n) is 2.89. The summed E-state index contributed by atoms with van der Waals surface area (Å²) in [6.45, 7) is 3.58. The van der Waals surface area contributed by atoms with Crippen LogP contribution in [0, 0.1) is 17.0 Å². The maximum Gasteiger partial charge on any atom is 0.269 e. The molecule has 0 unspecified atom stereocenters. The molecule has 0 saturated heterocycles. The predicted octanol–water partition coefficient (Wildman–Crippen LogP) is 2.60. The molecule has 1 aromatic heterocycles. The molecule has 0 spiro atoms. The minimum absolute atomic E-state index is 0.126. The van der Waals surface area contributed by atoms with Gasteiger partial charge in [0.25, 0.3) is 5.69 Å². The monoisotopic (exact) mass is 260 g/mol. The summed E-state index contributed by atoms with van der Waals surface area (Å²) in [4.78, 5) is 14.2. The first-order chi connectivity index (χ1) is 9.16. The number of non-ortho nitro benzene ring substituents is 1. The highest BCUT2D eigenvalue weighted by atomic mass is 16.6. The van der Waals surface area contributed by atoms with E-state index in [9.17, 15) is 10.1 Å². The van der Waals surface area contributed by atoms with Gasteiger partial charge in [-0.25, -0.2) is 4.98 Å². The second-order valence-electron chi connectivity index (χ2n) is 4.34. The fraction of sp³-hybridized carbons (Fsp3) is 0.308. The van der Waals surface area contributed by atoms with Gasteiger partial charge in [0.1, 0.15) is 0 Å². The third kappa shape index (κ3) is 3.54. The van der Waals surface area contributed by atoms with Crippen molar-refractivity contribution in [1.82, 2.24) is 9.55 Å². The van der Waals surface area contributed by atoms with Crippen LogP contribution in [0.4, 0.5) is 11.4 Å². The Morgan fingerprint density at radius 1 is 1.47 bits per heavy atom. The number of nitrogens with one attached hydrogen (secondary N) is 1. The van der Waals surface area contributed by atoms with Gasteiger partial charge >= 0.3 is 0 Å². The number of hydrogen-bond acceptors (Lipinski definition) is 4. The van der Waals surface area contributed by atoms with E-state index in [0.29, 0.717) is 0 Å². The van der Waals surface area contributed by atoms with Gasteiger partial charge in [0.2, 0.25) is 0 Å². The molecular weight excluding hydrogens is 244 g/mol. The Hall–Kier alpha value is -2.37. The van der Waals surface area contributed by atoms with Crippen molar-refractivity contribution >= 4 is 11.4 Å². The van der Waals surface area contributed by atoms with Crippen molar-refractivity contribution in [3.8, 4) is 0 Å². The average Bonchev–Trinajstić information content (AvgIpc) is 2.89. The van der Waals surface area contributed by atoms with Crippen LogP contribution in [-0.4, -0.2) is 21.0 Å². The van der Waals surface area contributed by atoms with E-state index in [-0.39, 0.29) is 10.6 Å². The molecule has 2 aromatic rings. The lowest BCUT2D eigenvalue weighted by molar-refractivity contribution is -0.384. The molecule has 0 bridgehead atoms. The lowest BCUT2D eigenvalue weighted by Gasteiger charge is -2.09. The number of nitro benzene ring substituents is 1. The van der Waals surface area contributed by atoms with Crippen LogP contribution in [0.15, 0.2) is 36.9 Å². The second kappa shape index (κ2) is 5.99. The number of imidazole rings is 1. The van der Waals surface area contributed by atoms with Crippen molar-refractivity contribution in [3.05, 3.63) is 52.6 Å². The van der Waals surface area contributed by atoms with Crippen molar-refractivity contribution in [2.45, 2.75) is 19.9 Å². The van der Waals surface area contributed by atoms with Gasteiger partial charge in [0.05, 0.1) is 11.3 Å². The van der Waals surface area contributed by atoms with Crippen molar-refractivity contribution in [1.29, 1.82) is 0 Å². The quantitative estimate of drug-likeness (QED) is 0.492. The van der Waals surface area contributed by atoms with Crippen LogP contribution in [0.5, 0.6) is 0 Å². The first kappa shape index (κ1) is 13.1. The minimum Gasteiger partial charge on any atom is -0.385 e. The molecule has 0 atom stereocenters. The van der Waals surface area contributed by atoms with E-state index >= 15 is 0 Å². The summed E-state index contributed by atoms with van der Waals surface area (Å²) in [5, 5.41) is 13.9. The number of aryl methyl sites for hydroxylation is 2. The van der Waals surface area contributed by atoms with Gasteiger partial charge in [-0.3, -0.25) is 10.1 Å². The maximum absolute atomic E-state index is 10.6. The number of hydrogen-bond donors (Lipinski definition) is 1. The molecule has 0 aliphatic carbocycles. The summed E-state index contributed by atoms with van der Waals surface area (Å²) in [5.41, 5.74) is 1.95. The minimum atomic E-state index is -0.379. The molecule has 0 radical (unpaired) electrons. The van der Waals surface area contributed by atoms with E-state index in [1.165, 1.54) is 6.07 Å². The zero-order valence-electron chi connectivity index (χ0n) is 10.7. The molecule has 0 fully saturated rings. The Balaban J connectivity index is 1.84. The van der Waals surface area contributed by atoms with Gasteiger partial charge in [0.15, 0.2) is 0 Å². The van der Waals surface area contributed by atoms with Gasteiger partial charge in [-0.2, -0.15) is 0 Å². The molecule has 1 heterocycles. The lowest BCUT2D eigenvalue weighted by atomic mass is 10.2. The van der Waals surface area contributed by atoms with Crippen LogP contribution in [0.3, 0.4) is 0 Å². The van der Waals surface area contributed by atoms with E-state index in [0.717, 1.165) is 30.8 Å². The molecule has 19 heavy (non-hydrogen) atoms. The number of nitro groups is 1. The van der Waals surface area contributed by atoms with Crippen molar-refractivity contribution in [2.75, 3.05) is 11.9 Å². The highest BCUT2D eigenvalue weighted by Gasteiger charge is 2.07. The molecular formula is C13H16N4O2. The van der Waals surface area contributed by atoms with Gasteiger partial charge in [-0.1, -0.05) is 0 Å². The van der Waals surface area contributed by atoms with E-state index in [1.54, 1.807) is 24.7 Å². The molecule has 0 aliphatic heterocycles. The zero-order chi connectivity index (χ0) is 13.7. The summed E-state index contributed by atoms with van der Waals surface area (Å²) in [7, 11) is 0. The molecule has 0 amide bonds. The Morgan fingerprint density at radius 3 is 2.95 bits per heavy atom. The lowest BCUT2D eigenvalue weighted by Crippen LogP contribution is -2.06. The standard InChI is InChI=1S/C13H16N4O2/c1-11-9-12(17(18)19)3-4-13(11)15-5-2-7-16-8-6-14-10-16/h3-4,6,8-10,15H,2,5,7H2,1H3. The topological polar surface area (TPSA) is 73.0 Å². The number of nitrogens with zero attached hydrogens (tertiary/aromatic N) is 3. The van der Waals surface area contributed by atoms with Crippen LogP contribution in [-0.2, 0) is 6.54 Å². The Bertz CT molecular complexity index is 552. The average molecular weight is 260 g/mol. The Labute approximate surface area is 111 Å². The van der Waals surface area contributed by atoms with Gasteiger partial charge in [-0.05, 0) is 25.0 Å². The molecule has 0 saturated carbocycles. The molecule has 2 rings (SSSR count). The van der Waals surface area contributed by atoms with Crippen molar-refractivity contribution in [3.63, 3.8) is 0 Å². The van der Waals surface area contributed by atoms with Gasteiger partial charge in [-0.15, -0.1) is 0 Å². The maximum atomic E-state index is 10.6. The summed E-state index contributed by atoms with van der Waals surface area (Å²) in [5.74, 6) is 0.